The molecule has 0 aliphatic rings. The monoisotopic (exact) mass is 266 g/mol. The lowest BCUT2D eigenvalue weighted by Gasteiger charge is -2.09. The number of rotatable bonds is 10. The average molecular weight is 266 g/mol. The van der Waals surface area contributed by atoms with Gasteiger partial charge in [0.1, 0.15) is 0 Å². The quantitative estimate of drug-likeness (QED) is 0.467. The van der Waals surface area contributed by atoms with Gasteiger partial charge in [-0.05, 0) is 6.42 Å². The Morgan fingerprint density at radius 3 is 2.12 bits per heavy atom. The van der Waals surface area contributed by atoms with Gasteiger partial charge < -0.3 is 5.11 Å². The minimum Gasteiger partial charge on any atom is -0.481 e. The van der Waals surface area contributed by atoms with Gasteiger partial charge in [0, 0.05) is 0 Å². The Hall–Kier alpha value is -0.620. The molecule has 17 heavy (non-hydrogen) atoms. The van der Waals surface area contributed by atoms with Crippen molar-refractivity contribution in [3.63, 3.8) is 0 Å². The number of carboxylic acid groups (broad SMARTS) is 1. The normalized spacial score (nSPS) is 13.5. The van der Waals surface area contributed by atoms with Gasteiger partial charge in [0.2, 0.25) is 0 Å². The molecule has 1 unspecified atom stereocenters. The van der Waals surface area contributed by atoms with Crippen LogP contribution in [0.2, 0.25) is 0 Å². The molecule has 0 aromatic rings. The minimum atomic E-state index is -4.20. The standard InChI is InChI=1S/C11H22O5S/c1-2-3-4-5-6-7-8-10(11(12)13)9-17(14,15)16/h10H,2-9H2,1H3,(H,12,13)(H,14,15,16). The van der Waals surface area contributed by atoms with E-state index >= 15 is 0 Å². The number of hydrogen-bond donors (Lipinski definition) is 2. The summed E-state index contributed by atoms with van der Waals surface area (Å²) in [6, 6.07) is 0. The van der Waals surface area contributed by atoms with Crippen LogP contribution in [-0.4, -0.2) is 29.8 Å². The van der Waals surface area contributed by atoms with Gasteiger partial charge in [-0.3, -0.25) is 9.35 Å². The zero-order valence-electron chi connectivity index (χ0n) is 10.3. The highest BCUT2D eigenvalue weighted by molar-refractivity contribution is 7.85. The van der Waals surface area contributed by atoms with Gasteiger partial charge in [-0.25, -0.2) is 0 Å². The maximum atomic E-state index is 10.8. The second kappa shape index (κ2) is 8.47. The molecule has 0 aliphatic carbocycles. The summed E-state index contributed by atoms with van der Waals surface area (Å²) in [6.45, 7) is 2.12. The van der Waals surface area contributed by atoms with Crippen molar-refractivity contribution in [2.75, 3.05) is 5.75 Å². The third kappa shape index (κ3) is 10.3. The van der Waals surface area contributed by atoms with Crippen LogP contribution >= 0.6 is 0 Å². The summed E-state index contributed by atoms with van der Waals surface area (Å²) in [5.74, 6) is -2.83. The number of hydrogen-bond acceptors (Lipinski definition) is 3. The Morgan fingerprint density at radius 2 is 1.65 bits per heavy atom. The fraction of sp³-hybridized carbons (Fsp3) is 0.909. The number of carbonyl (C=O) groups is 1. The van der Waals surface area contributed by atoms with Crippen molar-refractivity contribution in [1.82, 2.24) is 0 Å². The van der Waals surface area contributed by atoms with Crippen molar-refractivity contribution < 1.29 is 22.9 Å². The van der Waals surface area contributed by atoms with E-state index in [2.05, 4.69) is 6.92 Å². The Kier molecular flexibility index (Phi) is 8.16. The van der Waals surface area contributed by atoms with Crippen LogP contribution in [0, 0.1) is 5.92 Å². The molecule has 0 amide bonds. The van der Waals surface area contributed by atoms with Crippen molar-refractivity contribution in [2.24, 2.45) is 5.92 Å². The molecule has 0 saturated heterocycles. The van der Waals surface area contributed by atoms with E-state index in [4.69, 9.17) is 9.66 Å². The minimum absolute atomic E-state index is 0.307. The molecule has 1 atom stereocenters. The molecule has 0 saturated carbocycles. The van der Waals surface area contributed by atoms with E-state index in [0.29, 0.717) is 12.8 Å². The van der Waals surface area contributed by atoms with Crippen LogP contribution in [0.1, 0.15) is 51.9 Å². The Bertz CT molecular complexity index is 310. The zero-order chi connectivity index (χ0) is 13.3. The van der Waals surface area contributed by atoms with Crippen LogP contribution < -0.4 is 0 Å². The van der Waals surface area contributed by atoms with E-state index in [-0.39, 0.29) is 0 Å². The van der Waals surface area contributed by atoms with Crippen LogP contribution in [0.15, 0.2) is 0 Å². The van der Waals surface area contributed by atoms with Crippen LogP contribution in [0.25, 0.3) is 0 Å². The first-order valence-electron chi connectivity index (χ1n) is 6.04. The Labute approximate surface area is 103 Å². The molecule has 0 bridgehead atoms. The molecule has 0 aliphatic heterocycles. The van der Waals surface area contributed by atoms with Gasteiger partial charge >= 0.3 is 5.97 Å². The second-order valence-corrected chi connectivity index (χ2v) is 5.84. The molecule has 6 heteroatoms. The van der Waals surface area contributed by atoms with Gasteiger partial charge in [0.25, 0.3) is 10.1 Å². The van der Waals surface area contributed by atoms with Crippen molar-refractivity contribution in [3.05, 3.63) is 0 Å². The van der Waals surface area contributed by atoms with Gasteiger partial charge in [-0.2, -0.15) is 8.42 Å². The van der Waals surface area contributed by atoms with E-state index in [1.165, 1.54) is 6.42 Å². The van der Waals surface area contributed by atoms with Crippen LogP contribution in [0.4, 0.5) is 0 Å². The van der Waals surface area contributed by atoms with Gasteiger partial charge in [-0.1, -0.05) is 45.4 Å². The molecule has 0 rings (SSSR count). The smallest absolute Gasteiger partial charge is 0.307 e. The van der Waals surface area contributed by atoms with Crippen molar-refractivity contribution in [3.8, 4) is 0 Å². The number of unbranched alkanes of at least 4 members (excludes halogenated alkanes) is 5. The molecule has 0 aromatic heterocycles. The Morgan fingerprint density at radius 1 is 1.12 bits per heavy atom. The SMILES string of the molecule is CCCCCCCCC(CS(=O)(=O)O)C(=O)O. The molecule has 5 nitrogen and oxygen atoms in total. The van der Waals surface area contributed by atoms with Gasteiger partial charge in [0.05, 0.1) is 11.7 Å². The molecule has 0 fully saturated rings. The fourth-order valence-electron chi connectivity index (χ4n) is 1.70. The summed E-state index contributed by atoms with van der Waals surface area (Å²) in [7, 11) is -4.20. The van der Waals surface area contributed by atoms with Crippen LogP contribution in [0.3, 0.4) is 0 Å². The van der Waals surface area contributed by atoms with E-state index in [0.717, 1.165) is 25.7 Å². The maximum absolute atomic E-state index is 10.8. The van der Waals surface area contributed by atoms with Crippen LogP contribution in [-0.2, 0) is 14.9 Å². The first-order valence-corrected chi connectivity index (χ1v) is 7.65. The molecule has 0 heterocycles. The molecular weight excluding hydrogens is 244 g/mol. The lowest BCUT2D eigenvalue weighted by atomic mass is 10.0. The first kappa shape index (κ1) is 16.4. The predicted molar refractivity (Wildman–Crippen MR) is 65.5 cm³/mol. The zero-order valence-corrected chi connectivity index (χ0v) is 11.1. The van der Waals surface area contributed by atoms with Crippen molar-refractivity contribution in [2.45, 2.75) is 51.9 Å². The topological polar surface area (TPSA) is 91.7 Å². The van der Waals surface area contributed by atoms with Crippen LogP contribution in [0.5, 0.6) is 0 Å². The molecule has 0 radical (unpaired) electrons. The summed E-state index contributed by atoms with van der Waals surface area (Å²) in [5.41, 5.74) is 0. The highest BCUT2D eigenvalue weighted by atomic mass is 32.2. The van der Waals surface area contributed by atoms with E-state index in [1.807, 2.05) is 0 Å². The van der Waals surface area contributed by atoms with Gasteiger partial charge in [-0.15, -0.1) is 0 Å². The van der Waals surface area contributed by atoms with Crippen molar-refractivity contribution in [1.29, 1.82) is 0 Å². The average Bonchev–Trinajstić information content (AvgIpc) is 2.19. The predicted octanol–water partition coefficient (Wildman–Crippen LogP) is 2.33. The van der Waals surface area contributed by atoms with E-state index in [1.54, 1.807) is 0 Å². The molecule has 0 spiro atoms. The Balaban J connectivity index is 3.83. The molecule has 102 valence electrons. The van der Waals surface area contributed by atoms with Gasteiger partial charge in [0.15, 0.2) is 0 Å². The fourth-order valence-corrected chi connectivity index (χ4v) is 2.52. The lowest BCUT2D eigenvalue weighted by molar-refractivity contribution is -0.141. The summed E-state index contributed by atoms with van der Waals surface area (Å²) >= 11 is 0. The molecule has 2 N–H and O–H groups in total. The summed E-state index contributed by atoms with van der Waals surface area (Å²) in [5, 5.41) is 8.80. The largest absolute Gasteiger partial charge is 0.481 e. The number of carboxylic acids is 1. The third-order valence-electron chi connectivity index (χ3n) is 2.67. The van der Waals surface area contributed by atoms with E-state index < -0.39 is 27.8 Å². The number of aliphatic carboxylic acids is 1. The summed E-state index contributed by atoms with van der Waals surface area (Å²) < 4.78 is 29.8. The highest BCUT2D eigenvalue weighted by Crippen LogP contribution is 2.14. The second-order valence-electron chi connectivity index (χ2n) is 4.34. The van der Waals surface area contributed by atoms with E-state index in [9.17, 15) is 13.2 Å². The summed E-state index contributed by atoms with van der Waals surface area (Å²) in [4.78, 5) is 10.8. The first-order chi connectivity index (χ1) is 7.87. The lowest BCUT2D eigenvalue weighted by Crippen LogP contribution is -2.23. The molecule has 0 aromatic carbocycles. The third-order valence-corrected chi connectivity index (χ3v) is 3.49. The molecular formula is C11H22O5S. The summed E-state index contributed by atoms with van der Waals surface area (Å²) in [6.07, 6.45) is 6.42. The maximum Gasteiger partial charge on any atom is 0.307 e. The highest BCUT2D eigenvalue weighted by Gasteiger charge is 2.23. The van der Waals surface area contributed by atoms with Crippen molar-refractivity contribution >= 4 is 16.1 Å².